The van der Waals surface area contributed by atoms with E-state index >= 15 is 0 Å². The van der Waals surface area contributed by atoms with Gasteiger partial charge in [-0.2, -0.15) is 0 Å². The van der Waals surface area contributed by atoms with Gasteiger partial charge in [0.2, 0.25) is 0 Å². The second-order valence-corrected chi connectivity index (χ2v) is 11.8. The van der Waals surface area contributed by atoms with Crippen LogP contribution in [0.15, 0.2) is 65.9 Å². The topological polar surface area (TPSA) is 111 Å². The molecule has 0 aliphatic heterocycles. The zero-order chi connectivity index (χ0) is 28.8. The van der Waals surface area contributed by atoms with Crippen LogP contribution in [0.25, 0.3) is 0 Å². The van der Waals surface area contributed by atoms with Gasteiger partial charge in [0.1, 0.15) is 18.1 Å². The van der Waals surface area contributed by atoms with Crippen molar-refractivity contribution in [2.75, 3.05) is 6.61 Å². The van der Waals surface area contributed by atoms with Gasteiger partial charge in [-0.15, -0.1) is 0 Å². The molecule has 0 aromatic heterocycles. The van der Waals surface area contributed by atoms with Gasteiger partial charge in [-0.05, 0) is 86.1 Å². The van der Waals surface area contributed by atoms with E-state index in [-0.39, 0.29) is 35.5 Å². The fourth-order valence-electron chi connectivity index (χ4n) is 5.27. The van der Waals surface area contributed by atoms with E-state index in [1.54, 1.807) is 48.5 Å². The molecule has 0 spiro atoms. The maximum atomic E-state index is 11.4. The van der Waals surface area contributed by atoms with Crippen molar-refractivity contribution in [3.8, 4) is 5.75 Å². The van der Waals surface area contributed by atoms with E-state index in [0.29, 0.717) is 50.4 Å². The standard InChI is InChI=1S/C31H28Cl3NO5/c1-16-9-18(11-19(10-16)30(37)38)20-13-31(39,14-20)23-8-7-21(12-26(23)34)40-15-22(29(36)17-5-6-17)28(35)27-24(32)3-2-4-25(27)33/h2-4,7-12,17,20,35-36,39H,5-6,13-15H2,1H3,(H,37,38)/b29-22-,35-28?. The summed E-state index contributed by atoms with van der Waals surface area (Å²) in [6, 6.07) is 15.2. The number of halogens is 3. The number of hydrogen-bond donors (Lipinski definition) is 4. The number of carboxylic acid groups (broad SMARTS) is 1. The first kappa shape index (κ1) is 28.5. The molecule has 3 aromatic rings. The molecule has 3 aromatic carbocycles. The Balaban J connectivity index is 1.31. The highest BCUT2D eigenvalue weighted by atomic mass is 35.5. The van der Waals surface area contributed by atoms with Crippen molar-refractivity contribution in [1.29, 1.82) is 5.41 Å². The first-order valence-corrected chi connectivity index (χ1v) is 14.1. The van der Waals surface area contributed by atoms with Crippen LogP contribution in [0.3, 0.4) is 0 Å². The van der Waals surface area contributed by atoms with E-state index in [4.69, 9.17) is 44.9 Å². The Hall–Kier alpha value is -3.03. The average molecular weight is 601 g/mol. The molecular formula is C31H28Cl3NO5. The highest BCUT2D eigenvalue weighted by molar-refractivity contribution is 6.41. The smallest absolute Gasteiger partial charge is 0.335 e. The number of rotatable bonds is 9. The van der Waals surface area contributed by atoms with Crippen LogP contribution < -0.4 is 4.74 Å². The molecule has 208 valence electrons. The van der Waals surface area contributed by atoms with Crippen molar-refractivity contribution >= 4 is 46.5 Å². The van der Waals surface area contributed by atoms with Gasteiger partial charge in [-0.1, -0.05) is 53.0 Å². The van der Waals surface area contributed by atoms with Crippen molar-refractivity contribution in [2.24, 2.45) is 5.92 Å². The summed E-state index contributed by atoms with van der Waals surface area (Å²) in [5.41, 5.74) is 2.02. The van der Waals surface area contributed by atoms with Crippen LogP contribution in [0.5, 0.6) is 5.75 Å². The van der Waals surface area contributed by atoms with Gasteiger partial charge in [0.05, 0.1) is 37.5 Å². The van der Waals surface area contributed by atoms with Crippen molar-refractivity contribution < 1.29 is 24.9 Å². The average Bonchev–Trinajstić information content (AvgIpc) is 3.72. The second kappa shape index (κ2) is 11.1. The van der Waals surface area contributed by atoms with Gasteiger partial charge < -0.3 is 20.1 Å². The fraction of sp³-hybridized carbons (Fsp3) is 0.290. The summed E-state index contributed by atoms with van der Waals surface area (Å²) in [6.45, 7) is 1.76. The van der Waals surface area contributed by atoms with Crippen LogP contribution in [0.2, 0.25) is 15.1 Å². The number of ether oxygens (including phenoxy) is 1. The van der Waals surface area contributed by atoms with E-state index in [9.17, 15) is 20.1 Å². The minimum Gasteiger partial charge on any atom is -0.512 e. The summed E-state index contributed by atoms with van der Waals surface area (Å²) in [4.78, 5) is 11.4. The van der Waals surface area contributed by atoms with Gasteiger partial charge in [0.25, 0.3) is 0 Å². The van der Waals surface area contributed by atoms with Gasteiger partial charge in [0, 0.05) is 17.0 Å². The SMILES string of the molecule is Cc1cc(C(=O)O)cc(C2CC(O)(c3ccc(OC/C(C(=N)c4c(Cl)cccc4Cl)=C(/O)C4CC4)cc3Cl)C2)c1. The molecule has 2 aliphatic carbocycles. The number of aryl methyl sites for hydroxylation is 1. The molecule has 2 aliphatic rings. The second-order valence-electron chi connectivity index (χ2n) is 10.6. The van der Waals surface area contributed by atoms with E-state index in [1.165, 1.54) is 0 Å². The van der Waals surface area contributed by atoms with E-state index < -0.39 is 11.6 Å². The molecule has 0 atom stereocenters. The predicted molar refractivity (Wildman–Crippen MR) is 157 cm³/mol. The number of aromatic carboxylic acids is 1. The lowest BCUT2D eigenvalue weighted by atomic mass is 9.64. The highest BCUT2D eigenvalue weighted by Gasteiger charge is 2.46. The lowest BCUT2D eigenvalue weighted by Crippen LogP contribution is -2.40. The van der Waals surface area contributed by atoms with Crippen molar-refractivity contribution in [2.45, 2.75) is 44.1 Å². The minimum absolute atomic E-state index is 0.000239. The molecule has 0 saturated heterocycles. The molecule has 2 fully saturated rings. The summed E-state index contributed by atoms with van der Waals surface area (Å²) >= 11 is 19.2. The normalized spacial score (nSPS) is 20.9. The monoisotopic (exact) mass is 599 g/mol. The van der Waals surface area contributed by atoms with E-state index in [2.05, 4.69) is 0 Å². The summed E-state index contributed by atoms with van der Waals surface area (Å²) in [5.74, 6) is -0.479. The molecule has 0 heterocycles. The van der Waals surface area contributed by atoms with Gasteiger partial charge in [-0.25, -0.2) is 4.79 Å². The molecule has 5 rings (SSSR count). The first-order chi connectivity index (χ1) is 19.0. The quantitative estimate of drug-likeness (QED) is 0.147. The fourth-order valence-corrected chi connectivity index (χ4v) is 6.20. The lowest BCUT2D eigenvalue weighted by Gasteiger charge is -2.45. The summed E-state index contributed by atoms with van der Waals surface area (Å²) in [5, 5.41) is 41.2. The van der Waals surface area contributed by atoms with Gasteiger partial charge in [0.15, 0.2) is 0 Å². The number of allylic oxidation sites excluding steroid dienone is 1. The van der Waals surface area contributed by atoms with Crippen LogP contribution in [-0.2, 0) is 5.60 Å². The molecule has 6 nitrogen and oxygen atoms in total. The Morgan fingerprint density at radius 2 is 1.68 bits per heavy atom. The zero-order valence-corrected chi connectivity index (χ0v) is 23.9. The predicted octanol–water partition coefficient (Wildman–Crippen LogP) is 8.09. The first-order valence-electron chi connectivity index (χ1n) is 12.9. The molecule has 9 heteroatoms. The third kappa shape index (κ3) is 5.72. The van der Waals surface area contributed by atoms with E-state index in [1.807, 2.05) is 13.0 Å². The molecule has 0 amide bonds. The summed E-state index contributed by atoms with van der Waals surface area (Å²) in [7, 11) is 0. The molecule has 0 bridgehead atoms. The number of benzene rings is 3. The van der Waals surface area contributed by atoms with Gasteiger partial charge >= 0.3 is 5.97 Å². The number of carboxylic acids is 1. The maximum absolute atomic E-state index is 11.4. The van der Waals surface area contributed by atoms with Crippen molar-refractivity contribution in [1.82, 2.24) is 0 Å². The number of aliphatic hydroxyl groups is 2. The third-order valence-corrected chi connectivity index (χ3v) is 8.54. The lowest BCUT2D eigenvalue weighted by molar-refractivity contribution is -0.0549. The number of nitrogens with one attached hydrogen (secondary N) is 1. The molecule has 40 heavy (non-hydrogen) atoms. The van der Waals surface area contributed by atoms with Crippen LogP contribution >= 0.6 is 34.8 Å². The molecule has 0 unspecified atom stereocenters. The van der Waals surface area contributed by atoms with Crippen LogP contribution in [0.4, 0.5) is 0 Å². The minimum atomic E-state index is -1.15. The Bertz CT molecular complexity index is 1520. The summed E-state index contributed by atoms with van der Waals surface area (Å²) in [6.07, 6.45) is 2.49. The largest absolute Gasteiger partial charge is 0.512 e. The van der Waals surface area contributed by atoms with Gasteiger partial charge in [-0.3, -0.25) is 5.41 Å². The molecule has 4 N–H and O–H groups in total. The van der Waals surface area contributed by atoms with E-state index in [0.717, 1.165) is 24.0 Å². The molecule has 2 saturated carbocycles. The van der Waals surface area contributed by atoms with Crippen LogP contribution in [0.1, 0.15) is 64.2 Å². The highest BCUT2D eigenvalue weighted by Crippen LogP contribution is 2.53. The number of aliphatic hydroxyl groups excluding tert-OH is 1. The maximum Gasteiger partial charge on any atom is 0.335 e. The van der Waals surface area contributed by atoms with Crippen LogP contribution in [-0.4, -0.2) is 33.6 Å². The zero-order valence-electron chi connectivity index (χ0n) is 21.7. The van der Waals surface area contributed by atoms with Crippen LogP contribution in [0, 0.1) is 18.3 Å². The number of carbonyl (C=O) groups is 1. The Morgan fingerprint density at radius 1 is 1.00 bits per heavy atom. The summed E-state index contributed by atoms with van der Waals surface area (Å²) < 4.78 is 5.96. The third-order valence-electron chi connectivity index (χ3n) is 7.60. The number of hydrogen-bond acceptors (Lipinski definition) is 5. The molecular weight excluding hydrogens is 573 g/mol. The van der Waals surface area contributed by atoms with Crippen molar-refractivity contribution in [3.63, 3.8) is 0 Å². The Labute approximate surface area is 247 Å². The Morgan fingerprint density at radius 3 is 2.27 bits per heavy atom. The molecule has 0 radical (unpaired) electrons. The Kier molecular flexibility index (Phi) is 7.90. The van der Waals surface area contributed by atoms with Crippen molar-refractivity contribution in [3.05, 3.63) is 109 Å².